The predicted molar refractivity (Wildman–Crippen MR) is 226 cm³/mol. The van der Waals surface area contributed by atoms with Crippen molar-refractivity contribution >= 4 is 22.9 Å². The summed E-state index contributed by atoms with van der Waals surface area (Å²) in [5, 5.41) is 2.23. The molecule has 0 N–H and O–H groups in total. The first-order valence-electron chi connectivity index (χ1n) is 18.9. The van der Waals surface area contributed by atoms with Crippen LogP contribution in [0.25, 0.3) is 68.0 Å². The molecule has 1 aliphatic carbocycles. The molecule has 0 radical (unpaired) electrons. The Morgan fingerprint density at radius 3 is 1.91 bits per heavy atom. The summed E-state index contributed by atoms with van der Waals surface area (Å²) < 4.78 is 6.92. The molecule has 0 bridgehead atoms. The molecular weight excluding hydrogens is 683 g/mol. The van der Waals surface area contributed by atoms with Crippen molar-refractivity contribution in [1.82, 2.24) is 15.0 Å². The van der Waals surface area contributed by atoms with Crippen molar-refractivity contribution in [2.75, 3.05) is 0 Å². The summed E-state index contributed by atoms with van der Waals surface area (Å²) in [4.78, 5) is 14.9. The molecule has 3 heterocycles. The lowest BCUT2D eigenvalue weighted by molar-refractivity contribution is 0.439. The molecule has 9 aromatic rings. The van der Waals surface area contributed by atoms with E-state index < -0.39 is 5.41 Å². The van der Waals surface area contributed by atoms with E-state index >= 15 is 0 Å². The molecule has 0 amide bonds. The van der Waals surface area contributed by atoms with Crippen molar-refractivity contribution in [3.8, 4) is 56.5 Å². The van der Waals surface area contributed by atoms with Gasteiger partial charge in [-0.1, -0.05) is 164 Å². The maximum absolute atomic E-state index is 6.92. The Morgan fingerprint density at radius 2 is 1.09 bits per heavy atom. The molecule has 262 valence electrons. The minimum absolute atomic E-state index is 0.663. The second kappa shape index (κ2) is 12.9. The first-order valence-corrected chi connectivity index (χ1v) is 18.9. The van der Waals surface area contributed by atoms with Crippen LogP contribution in [0, 0.1) is 0 Å². The third kappa shape index (κ3) is 5.04. The van der Waals surface area contributed by atoms with Crippen LogP contribution in [0.2, 0.25) is 0 Å². The minimum atomic E-state index is -0.707. The van der Waals surface area contributed by atoms with E-state index in [1.54, 1.807) is 6.20 Å². The average molecular weight is 716 g/mol. The zero-order valence-corrected chi connectivity index (χ0v) is 30.3. The highest BCUT2D eigenvalue weighted by Gasteiger charge is 2.48. The lowest BCUT2D eigenvalue weighted by atomic mass is 9.62. The molecule has 1 unspecified atom stereocenters. The van der Waals surface area contributed by atoms with Gasteiger partial charge in [0.25, 0.3) is 0 Å². The molecule has 0 saturated heterocycles. The summed E-state index contributed by atoms with van der Waals surface area (Å²) in [5.74, 6) is 2.40. The number of fused-ring (bicyclic) bond motifs is 10. The number of nitrogens with zero attached hydrogens (tertiary/aromatic N) is 3. The Morgan fingerprint density at radius 1 is 0.429 bits per heavy atom. The molecule has 11 rings (SSSR count). The number of pyridine rings is 1. The van der Waals surface area contributed by atoms with Crippen LogP contribution in [0.5, 0.6) is 11.5 Å². The molecule has 1 aliphatic heterocycles. The molecule has 56 heavy (non-hydrogen) atoms. The second-order valence-corrected chi connectivity index (χ2v) is 14.4. The molecular formula is C52H33N3O. The van der Waals surface area contributed by atoms with Crippen molar-refractivity contribution < 1.29 is 4.74 Å². The van der Waals surface area contributed by atoms with Gasteiger partial charge in [0.2, 0.25) is 0 Å². The van der Waals surface area contributed by atoms with Gasteiger partial charge in [-0.15, -0.1) is 0 Å². The topological polar surface area (TPSA) is 47.9 Å². The minimum Gasteiger partial charge on any atom is -0.456 e. The second-order valence-electron chi connectivity index (χ2n) is 14.4. The molecule has 4 nitrogen and oxygen atoms in total. The molecule has 2 aliphatic rings. The molecule has 2 aromatic heterocycles. The van der Waals surface area contributed by atoms with Crippen molar-refractivity contribution in [2.45, 2.75) is 5.41 Å². The summed E-state index contributed by atoms with van der Waals surface area (Å²) in [6.45, 7) is 0. The van der Waals surface area contributed by atoms with Gasteiger partial charge in [0, 0.05) is 45.6 Å². The van der Waals surface area contributed by atoms with E-state index in [1.165, 1.54) is 11.1 Å². The van der Waals surface area contributed by atoms with E-state index in [1.807, 2.05) is 18.3 Å². The zero-order valence-electron chi connectivity index (χ0n) is 30.3. The largest absolute Gasteiger partial charge is 0.456 e. The fraction of sp³-hybridized carbons (Fsp3) is 0.0192. The maximum atomic E-state index is 6.92. The van der Waals surface area contributed by atoms with Crippen LogP contribution in [0.3, 0.4) is 0 Å². The van der Waals surface area contributed by atoms with Crippen LogP contribution in [-0.2, 0) is 5.41 Å². The number of benzene rings is 7. The highest BCUT2D eigenvalue weighted by molar-refractivity contribution is 5.94. The summed E-state index contributed by atoms with van der Waals surface area (Å²) in [6.07, 6.45) is 8.19. The van der Waals surface area contributed by atoms with Gasteiger partial charge in [0.05, 0.1) is 16.8 Å². The Kier molecular flexibility index (Phi) is 7.36. The van der Waals surface area contributed by atoms with Gasteiger partial charge < -0.3 is 4.74 Å². The van der Waals surface area contributed by atoms with Gasteiger partial charge in [-0.3, -0.25) is 4.98 Å². The van der Waals surface area contributed by atoms with Gasteiger partial charge in [-0.05, 0) is 63.0 Å². The summed E-state index contributed by atoms with van der Waals surface area (Å²) >= 11 is 0. The van der Waals surface area contributed by atoms with Gasteiger partial charge >= 0.3 is 0 Å². The molecule has 4 heteroatoms. The quantitative estimate of drug-likeness (QED) is 0.182. The molecule has 0 saturated carbocycles. The number of hydrogen-bond donors (Lipinski definition) is 0. The fourth-order valence-electron chi connectivity index (χ4n) is 8.67. The van der Waals surface area contributed by atoms with E-state index in [-0.39, 0.29) is 0 Å². The van der Waals surface area contributed by atoms with Crippen molar-refractivity contribution in [3.05, 3.63) is 222 Å². The van der Waals surface area contributed by atoms with Gasteiger partial charge in [0.1, 0.15) is 11.5 Å². The normalized spacial score (nSPS) is 14.9. The zero-order chi connectivity index (χ0) is 37.1. The third-order valence-corrected chi connectivity index (χ3v) is 11.3. The fourth-order valence-corrected chi connectivity index (χ4v) is 8.67. The monoisotopic (exact) mass is 715 g/mol. The SMILES string of the molecule is C1=Cc2ccc(-c3nc(-c4ccccc4)cc(-c4ccc(-c5cccnc5)cc4)n3)cc2C2(c3ccccc31)c1ccccc1Oc1c2ccc2ccccc12. The van der Waals surface area contributed by atoms with E-state index in [2.05, 4.69) is 181 Å². The Hall–Kier alpha value is -7.43. The lowest BCUT2D eigenvalue weighted by Crippen LogP contribution is -2.35. The van der Waals surface area contributed by atoms with Crippen LogP contribution in [0.1, 0.15) is 33.4 Å². The summed E-state index contributed by atoms with van der Waals surface area (Å²) in [5.41, 5.74) is 13.0. The van der Waals surface area contributed by atoms with Crippen LogP contribution in [-0.4, -0.2) is 15.0 Å². The van der Waals surface area contributed by atoms with E-state index in [0.717, 1.165) is 83.7 Å². The van der Waals surface area contributed by atoms with Crippen LogP contribution in [0.4, 0.5) is 0 Å². The van der Waals surface area contributed by atoms with Gasteiger partial charge in [-0.25, -0.2) is 9.97 Å². The van der Waals surface area contributed by atoms with E-state index in [0.29, 0.717) is 5.82 Å². The van der Waals surface area contributed by atoms with Crippen LogP contribution >= 0.6 is 0 Å². The van der Waals surface area contributed by atoms with Gasteiger partial charge in [0.15, 0.2) is 5.82 Å². The summed E-state index contributed by atoms with van der Waals surface area (Å²) in [6, 6.07) is 62.0. The van der Waals surface area contributed by atoms with E-state index in [9.17, 15) is 0 Å². The lowest BCUT2D eigenvalue weighted by Gasteiger charge is -2.42. The first kappa shape index (κ1) is 32.0. The molecule has 1 atom stereocenters. The predicted octanol–water partition coefficient (Wildman–Crippen LogP) is 12.7. The number of hydrogen-bond acceptors (Lipinski definition) is 4. The maximum Gasteiger partial charge on any atom is 0.160 e. The highest BCUT2D eigenvalue weighted by atomic mass is 16.5. The van der Waals surface area contributed by atoms with Crippen molar-refractivity contribution in [1.29, 1.82) is 0 Å². The Balaban J connectivity index is 1.17. The highest BCUT2D eigenvalue weighted by Crippen LogP contribution is 2.59. The van der Waals surface area contributed by atoms with Crippen LogP contribution in [0.15, 0.2) is 188 Å². The molecule has 7 aromatic carbocycles. The standard InChI is InChI=1S/C52H33N3O/c1-2-13-38(14-3-1)47-32-48(39-25-20-34(21-26-39)41-15-10-30-53-33-41)55-51(54-47)40-27-24-37-23-22-36-12-5-7-17-43(36)52(46(37)31-40)44-18-8-9-19-49(44)56-50-42-16-6-4-11-35(42)28-29-45(50)52/h1-33H. The number of ether oxygens (including phenoxy) is 1. The van der Waals surface area contributed by atoms with Crippen molar-refractivity contribution in [3.63, 3.8) is 0 Å². The number of rotatable bonds is 4. The Bertz CT molecular complexity index is 2990. The summed E-state index contributed by atoms with van der Waals surface area (Å²) in [7, 11) is 0. The van der Waals surface area contributed by atoms with E-state index in [4.69, 9.17) is 14.7 Å². The van der Waals surface area contributed by atoms with Gasteiger partial charge in [-0.2, -0.15) is 0 Å². The number of para-hydroxylation sites is 1. The van der Waals surface area contributed by atoms with Crippen LogP contribution < -0.4 is 4.74 Å². The smallest absolute Gasteiger partial charge is 0.160 e. The average Bonchev–Trinajstić information content (AvgIpc) is 3.42. The Labute approximate surface area is 325 Å². The van der Waals surface area contributed by atoms with Crippen molar-refractivity contribution in [2.24, 2.45) is 0 Å². The third-order valence-electron chi connectivity index (χ3n) is 11.3. The molecule has 0 fully saturated rings. The number of aromatic nitrogens is 3. The first-order chi connectivity index (χ1) is 27.7. The molecule has 1 spiro atoms.